The summed E-state index contributed by atoms with van der Waals surface area (Å²) in [4.78, 5) is 0. The number of benzene rings is 1. The van der Waals surface area contributed by atoms with Crippen LogP contribution in [0.3, 0.4) is 0 Å². The van der Waals surface area contributed by atoms with Crippen LogP contribution in [0.25, 0.3) is 0 Å². The summed E-state index contributed by atoms with van der Waals surface area (Å²) in [6.45, 7) is 3.48. The summed E-state index contributed by atoms with van der Waals surface area (Å²) < 4.78 is 45.1. The quantitative estimate of drug-likeness (QED) is 0.834. The molecule has 134 valence electrons. The zero-order chi connectivity index (χ0) is 17.2. The lowest BCUT2D eigenvalue weighted by Gasteiger charge is -2.46. The average molecular weight is 355 g/mol. The molecule has 2 heterocycles. The lowest BCUT2D eigenvalue weighted by atomic mass is 9.78. The maximum atomic E-state index is 13.4. The van der Waals surface area contributed by atoms with Gasteiger partial charge in [-0.05, 0) is 62.6 Å². The van der Waals surface area contributed by atoms with Gasteiger partial charge in [0.25, 0.3) is 0 Å². The second-order valence-electron chi connectivity index (χ2n) is 7.02. The van der Waals surface area contributed by atoms with Gasteiger partial charge in [0, 0.05) is 19.7 Å². The molecule has 1 aromatic carbocycles. The smallest absolute Gasteiger partial charge is 0.213 e. The molecule has 4 nitrogen and oxygen atoms in total. The summed E-state index contributed by atoms with van der Waals surface area (Å²) in [6.07, 6.45) is 4.29. The number of rotatable bonds is 4. The van der Waals surface area contributed by atoms with Crippen LogP contribution in [0.1, 0.15) is 38.2 Å². The molecule has 0 aromatic heterocycles. The molecule has 2 aliphatic rings. The molecule has 0 saturated carbocycles. The highest BCUT2D eigenvalue weighted by molar-refractivity contribution is 7.89. The van der Waals surface area contributed by atoms with E-state index in [0.29, 0.717) is 25.6 Å². The zero-order valence-corrected chi connectivity index (χ0v) is 15.0. The van der Waals surface area contributed by atoms with Crippen LogP contribution in [0.5, 0.6) is 0 Å². The van der Waals surface area contributed by atoms with Gasteiger partial charge in [0.05, 0.1) is 11.4 Å². The molecule has 2 aliphatic heterocycles. The van der Waals surface area contributed by atoms with Crippen LogP contribution in [0.4, 0.5) is 4.39 Å². The second kappa shape index (κ2) is 7.10. The fourth-order valence-corrected chi connectivity index (χ4v) is 5.11. The SMILES string of the molecule is CCS(=O)(=O)N1CCC2(CC1)C[C@@H](Cc1cccc(F)c1)CCO2. The van der Waals surface area contributed by atoms with Crippen molar-refractivity contribution in [3.8, 4) is 0 Å². The number of sulfonamides is 1. The Labute approximate surface area is 144 Å². The summed E-state index contributed by atoms with van der Waals surface area (Å²) in [5, 5.41) is 0. The second-order valence-corrected chi connectivity index (χ2v) is 9.28. The van der Waals surface area contributed by atoms with Gasteiger partial charge in [-0.15, -0.1) is 0 Å². The Morgan fingerprint density at radius 3 is 2.75 bits per heavy atom. The van der Waals surface area contributed by atoms with E-state index in [-0.39, 0.29) is 17.2 Å². The molecule has 2 fully saturated rings. The number of hydrogen-bond donors (Lipinski definition) is 0. The van der Waals surface area contributed by atoms with E-state index in [2.05, 4.69) is 0 Å². The molecular weight excluding hydrogens is 329 g/mol. The Morgan fingerprint density at radius 2 is 2.08 bits per heavy atom. The molecule has 0 N–H and O–H groups in total. The van der Waals surface area contributed by atoms with Crippen molar-refractivity contribution < 1.29 is 17.5 Å². The molecule has 0 amide bonds. The van der Waals surface area contributed by atoms with E-state index in [9.17, 15) is 12.8 Å². The first-order chi connectivity index (χ1) is 11.4. The van der Waals surface area contributed by atoms with E-state index in [1.807, 2.05) is 6.07 Å². The number of ether oxygens (including phenoxy) is 1. The van der Waals surface area contributed by atoms with Gasteiger partial charge in [0.1, 0.15) is 5.82 Å². The fourth-order valence-electron chi connectivity index (χ4n) is 4.00. The van der Waals surface area contributed by atoms with E-state index < -0.39 is 10.0 Å². The Kier molecular flexibility index (Phi) is 5.27. The molecule has 1 spiro atoms. The minimum absolute atomic E-state index is 0.156. The third-order valence-electron chi connectivity index (χ3n) is 5.40. The van der Waals surface area contributed by atoms with Crippen molar-refractivity contribution in [3.63, 3.8) is 0 Å². The average Bonchev–Trinajstić information content (AvgIpc) is 2.55. The zero-order valence-electron chi connectivity index (χ0n) is 14.2. The van der Waals surface area contributed by atoms with Crippen LogP contribution >= 0.6 is 0 Å². The third-order valence-corrected chi connectivity index (χ3v) is 7.28. The fraction of sp³-hybridized carbons (Fsp3) is 0.667. The van der Waals surface area contributed by atoms with Gasteiger partial charge >= 0.3 is 0 Å². The highest BCUT2D eigenvalue weighted by Crippen LogP contribution is 2.39. The molecule has 0 aliphatic carbocycles. The van der Waals surface area contributed by atoms with Crippen LogP contribution in [0.15, 0.2) is 24.3 Å². The number of nitrogens with zero attached hydrogens (tertiary/aromatic N) is 1. The van der Waals surface area contributed by atoms with Crippen molar-refractivity contribution in [3.05, 3.63) is 35.6 Å². The molecule has 3 rings (SSSR count). The minimum Gasteiger partial charge on any atom is -0.375 e. The van der Waals surface area contributed by atoms with Crippen LogP contribution < -0.4 is 0 Å². The van der Waals surface area contributed by atoms with Crippen molar-refractivity contribution >= 4 is 10.0 Å². The van der Waals surface area contributed by atoms with Gasteiger partial charge in [-0.25, -0.2) is 17.1 Å². The largest absolute Gasteiger partial charge is 0.375 e. The summed E-state index contributed by atoms with van der Waals surface area (Å²) >= 11 is 0. The van der Waals surface area contributed by atoms with Crippen molar-refractivity contribution in [1.82, 2.24) is 4.31 Å². The number of piperidine rings is 1. The highest BCUT2D eigenvalue weighted by atomic mass is 32.2. The van der Waals surface area contributed by atoms with Crippen molar-refractivity contribution in [2.24, 2.45) is 5.92 Å². The van der Waals surface area contributed by atoms with Gasteiger partial charge in [0.15, 0.2) is 0 Å². The molecule has 0 radical (unpaired) electrons. The molecule has 1 aromatic rings. The summed E-state index contributed by atoms with van der Waals surface area (Å²) in [5.41, 5.74) is 0.832. The molecule has 1 atom stereocenters. The first kappa shape index (κ1) is 17.8. The summed E-state index contributed by atoms with van der Waals surface area (Å²) in [5.74, 6) is 0.436. The normalized spacial score (nSPS) is 25.0. The predicted molar refractivity (Wildman–Crippen MR) is 91.8 cm³/mol. The van der Waals surface area contributed by atoms with Gasteiger partial charge in [0.2, 0.25) is 10.0 Å². The monoisotopic (exact) mass is 355 g/mol. The first-order valence-corrected chi connectivity index (χ1v) is 10.4. The standard InChI is InChI=1S/C18H26FNO3S/c1-2-24(21,22)20-9-7-18(8-10-20)14-16(6-11-23-18)12-15-4-3-5-17(19)13-15/h3-5,13,16H,2,6-12,14H2,1H3/t16-/m1/s1. The summed E-state index contributed by atoms with van der Waals surface area (Å²) in [6, 6.07) is 6.81. The van der Waals surface area contributed by atoms with Crippen molar-refractivity contribution in [2.45, 2.75) is 44.6 Å². The lowest BCUT2D eigenvalue weighted by Crippen LogP contribution is -2.51. The number of halogens is 1. The Balaban J connectivity index is 1.62. The predicted octanol–water partition coefficient (Wildman–Crippen LogP) is 2.98. The Hall–Kier alpha value is -0.980. The van der Waals surface area contributed by atoms with Crippen LogP contribution in [0.2, 0.25) is 0 Å². The maximum Gasteiger partial charge on any atom is 0.213 e. The maximum absolute atomic E-state index is 13.4. The van der Waals surface area contributed by atoms with Crippen molar-refractivity contribution in [1.29, 1.82) is 0 Å². The van der Waals surface area contributed by atoms with E-state index in [1.54, 1.807) is 23.4 Å². The molecular formula is C18H26FNO3S. The topological polar surface area (TPSA) is 46.6 Å². The van der Waals surface area contributed by atoms with E-state index in [4.69, 9.17) is 4.74 Å². The third kappa shape index (κ3) is 3.98. The van der Waals surface area contributed by atoms with Gasteiger partial charge in [-0.3, -0.25) is 0 Å². The van der Waals surface area contributed by atoms with Gasteiger partial charge < -0.3 is 4.74 Å². The Morgan fingerprint density at radius 1 is 1.33 bits per heavy atom. The van der Waals surface area contributed by atoms with Crippen LogP contribution in [-0.4, -0.2) is 43.8 Å². The molecule has 0 bridgehead atoms. The molecule has 0 unspecified atom stereocenters. The number of hydrogen-bond acceptors (Lipinski definition) is 3. The first-order valence-electron chi connectivity index (χ1n) is 8.79. The highest BCUT2D eigenvalue weighted by Gasteiger charge is 2.42. The van der Waals surface area contributed by atoms with Crippen LogP contribution in [-0.2, 0) is 21.2 Å². The minimum atomic E-state index is -3.11. The van der Waals surface area contributed by atoms with E-state index in [0.717, 1.165) is 37.7 Å². The molecule has 24 heavy (non-hydrogen) atoms. The Bertz CT molecular complexity index is 669. The van der Waals surface area contributed by atoms with E-state index in [1.165, 1.54) is 6.07 Å². The molecule has 2 saturated heterocycles. The van der Waals surface area contributed by atoms with Crippen LogP contribution in [0, 0.1) is 11.7 Å². The van der Waals surface area contributed by atoms with E-state index >= 15 is 0 Å². The summed E-state index contributed by atoms with van der Waals surface area (Å²) in [7, 11) is -3.11. The molecule has 6 heteroatoms. The van der Waals surface area contributed by atoms with Gasteiger partial charge in [-0.1, -0.05) is 12.1 Å². The van der Waals surface area contributed by atoms with Crippen molar-refractivity contribution in [2.75, 3.05) is 25.4 Å². The lowest BCUT2D eigenvalue weighted by molar-refractivity contribution is -0.120. The van der Waals surface area contributed by atoms with Gasteiger partial charge in [-0.2, -0.15) is 0 Å².